The van der Waals surface area contributed by atoms with Crippen LogP contribution < -0.4 is 10.1 Å². The maximum atomic E-state index is 12.4. The number of thiophene rings is 1. The summed E-state index contributed by atoms with van der Waals surface area (Å²) in [5.41, 5.74) is 0.553. The van der Waals surface area contributed by atoms with Gasteiger partial charge in [-0.15, -0.1) is 11.3 Å². The van der Waals surface area contributed by atoms with Gasteiger partial charge in [0.1, 0.15) is 22.1 Å². The Balaban J connectivity index is 1.74. The van der Waals surface area contributed by atoms with E-state index < -0.39 is 23.4 Å². The van der Waals surface area contributed by atoms with Crippen molar-refractivity contribution in [3.05, 3.63) is 63.7 Å². The third kappa shape index (κ3) is 4.79. The number of ether oxygens (including phenoxy) is 2. The Kier molecular flexibility index (Phi) is 6.25. The number of nitrogens with zero attached hydrogens (tertiary/aromatic N) is 1. The molecule has 0 aliphatic carbocycles. The first-order chi connectivity index (χ1) is 14.0. The number of benzene rings is 1. The number of nitro groups is 1. The van der Waals surface area contributed by atoms with Gasteiger partial charge >= 0.3 is 5.97 Å². The second-order valence-corrected chi connectivity index (χ2v) is 6.52. The third-order valence-electron chi connectivity index (χ3n) is 3.71. The largest absolute Gasteiger partial charge is 0.484 e. The highest BCUT2D eigenvalue weighted by molar-refractivity contribution is 7.15. The number of nitro benzene ring substituents is 1. The van der Waals surface area contributed by atoms with Crippen LogP contribution in [0, 0.1) is 10.1 Å². The van der Waals surface area contributed by atoms with Crippen LogP contribution in [0.25, 0.3) is 11.3 Å². The number of carbonyl (C=O) groups excluding carboxylic acids is 2. The van der Waals surface area contributed by atoms with Crippen molar-refractivity contribution in [1.82, 2.24) is 0 Å². The molecule has 0 fully saturated rings. The summed E-state index contributed by atoms with van der Waals surface area (Å²) in [6.45, 7) is 1.47. The molecule has 0 saturated carbocycles. The lowest BCUT2D eigenvalue weighted by Gasteiger charge is -2.09. The summed E-state index contributed by atoms with van der Waals surface area (Å²) in [5.74, 6) is -0.468. The second kappa shape index (κ2) is 9.02. The molecule has 0 aliphatic rings. The highest BCUT2D eigenvalue weighted by atomic mass is 32.1. The summed E-state index contributed by atoms with van der Waals surface area (Å²) in [6, 6.07) is 8.89. The zero-order chi connectivity index (χ0) is 20.8. The number of nitrogens with one attached hydrogen (secondary N) is 1. The monoisotopic (exact) mass is 416 g/mol. The van der Waals surface area contributed by atoms with E-state index in [-0.39, 0.29) is 23.6 Å². The van der Waals surface area contributed by atoms with Gasteiger partial charge in [0.05, 0.1) is 23.9 Å². The predicted molar refractivity (Wildman–Crippen MR) is 105 cm³/mol. The van der Waals surface area contributed by atoms with E-state index in [9.17, 15) is 19.7 Å². The van der Waals surface area contributed by atoms with Crippen molar-refractivity contribution in [3.63, 3.8) is 0 Å². The molecule has 0 saturated heterocycles. The van der Waals surface area contributed by atoms with Gasteiger partial charge in [0, 0.05) is 17.0 Å². The number of furan rings is 1. The van der Waals surface area contributed by atoms with Crippen molar-refractivity contribution in [1.29, 1.82) is 0 Å². The molecule has 3 aromatic rings. The van der Waals surface area contributed by atoms with Gasteiger partial charge < -0.3 is 19.2 Å². The molecule has 2 aromatic heterocycles. The molecular formula is C19H16N2O7S. The normalized spacial score (nSPS) is 10.4. The molecule has 1 amide bonds. The number of anilines is 1. The molecule has 9 nitrogen and oxygen atoms in total. The summed E-state index contributed by atoms with van der Waals surface area (Å²) in [7, 11) is 0. The van der Waals surface area contributed by atoms with E-state index in [4.69, 9.17) is 13.9 Å². The number of non-ortho nitro benzene ring substituents is 1. The molecular weight excluding hydrogens is 400 g/mol. The fourth-order valence-corrected chi connectivity index (χ4v) is 3.42. The highest BCUT2D eigenvalue weighted by Gasteiger charge is 2.24. The number of rotatable bonds is 8. The molecule has 0 atom stereocenters. The van der Waals surface area contributed by atoms with Crippen molar-refractivity contribution in [2.75, 3.05) is 18.5 Å². The van der Waals surface area contributed by atoms with Crippen LogP contribution in [0.2, 0.25) is 0 Å². The smallest absolute Gasteiger partial charge is 0.341 e. The molecule has 0 bridgehead atoms. The zero-order valence-corrected chi connectivity index (χ0v) is 16.1. The van der Waals surface area contributed by atoms with Gasteiger partial charge in [0.15, 0.2) is 6.61 Å². The molecule has 2 heterocycles. The van der Waals surface area contributed by atoms with Gasteiger partial charge in [-0.2, -0.15) is 0 Å². The Hall–Kier alpha value is -3.66. The average Bonchev–Trinajstić information content (AvgIpc) is 3.36. The van der Waals surface area contributed by atoms with Crippen LogP contribution in [-0.4, -0.2) is 30.0 Å². The summed E-state index contributed by atoms with van der Waals surface area (Å²) in [5, 5.41) is 15.4. The fourth-order valence-electron chi connectivity index (χ4n) is 2.47. The Labute approximate surface area is 169 Å². The van der Waals surface area contributed by atoms with Crippen molar-refractivity contribution in [3.8, 4) is 17.1 Å². The minimum Gasteiger partial charge on any atom is -0.484 e. The van der Waals surface area contributed by atoms with Crippen molar-refractivity contribution < 1.29 is 28.4 Å². The van der Waals surface area contributed by atoms with Crippen LogP contribution in [0.3, 0.4) is 0 Å². The standard InChI is InChI=1S/C19H16N2O7S/c1-2-26-19(23)17-14(15-7-4-8-27-15)11-29-18(17)20-16(22)10-28-13-6-3-5-12(9-13)21(24)25/h3-9,11H,2,10H2,1H3,(H,20,22). The summed E-state index contributed by atoms with van der Waals surface area (Å²) < 4.78 is 15.8. The summed E-state index contributed by atoms with van der Waals surface area (Å²) >= 11 is 1.15. The molecule has 10 heteroatoms. The predicted octanol–water partition coefficient (Wildman–Crippen LogP) is 4.11. The van der Waals surface area contributed by atoms with Crippen LogP contribution in [-0.2, 0) is 9.53 Å². The molecule has 150 valence electrons. The molecule has 0 unspecified atom stereocenters. The highest BCUT2D eigenvalue weighted by Crippen LogP contribution is 2.36. The Morgan fingerprint density at radius 2 is 2.10 bits per heavy atom. The van der Waals surface area contributed by atoms with Crippen molar-refractivity contribution in [2.45, 2.75) is 6.92 Å². The minimum absolute atomic E-state index is 0.145. The molecule has 1 aromatic carbocycles. The van der Waals surface area contributed by atoms with E-state index in [1.165, 1.54) is 30.5 Å². The van der Waals surface area contributed by atoms with Crippen molar-refractivity contribution >= 4 is 33.9 Å². The van der Waals surface area contributed by atoms with Gasteiger partial charge in [-0.25, -0.2) is 4.79 Å². The molecule has 29 heavy (non-hydrogen) atoms. The van der Waals surface area contributed by atoms with Crippen LogP contribution in [0.15, 0.2) is 52.5 Å². The van der Waals surface area contributed by atoms with E-state index in [1.807, 2.05) is 0 Å². The SMILES string of the molecule is CCOC(=O)c1c(-c2ccco2)csc1NC(=O)COc1cccc([N+](=O)[O-])c1. The van der Waals surface area contributed by atoms with Gasteiger partial charge in [-0.05, 0) is 25.1 Å². The maximum Gasteiger partial charge on any atom is 0.341 e. The Morgan fingerprint density at radius 1 is 1.28 bits per heavy atom. The second-order valence-electron chi connectivity index (χ2n) is 5.64. The van der Waals surface area contributed by atoms with E-state index in [0.717, 1.165) is 11.3 Å². The van der Waals surface area contributed by atoms with Crippen LogP contribution >= 0.6 is 11.3 Å². The maximum absolute atomic E-state index is 12.4. The number of amides is 1. The van der Waals surface area contributed by atoms with Crippen LogP contribution in [0.5, 0.6) is 5.75 Å². The van der Waals surface area contributed by atoms with Crippen molar-refractivity contribution in [2.24, 2.45) is 0 Å². The van der Waals surface area contributed by atoms with E-state index in [1.54, 1.807) is 24.4 Å². The summed E-state index contributed by atoms with van der Waals surface area (Å²) in [4.78, 5) is 34.9. The molecule has 0 spiro atoms. The first-order valence-corrected chi connectivity index (χ1v) is 9.37. The number of carbonyl (C=O) groups is 2. The quantitative estimate of drug-likeness (QED) is 0.333. The lowest BCUT2D eigenvalue weighted by Crippen LogP contribution is -2.21. The van der Waals surface area contributed by atoms with Gasteiger partial charge in [0.25, 0.3) is 11.6 Å². The average molecular weight is 416 g/mol. The first kappa shape index (κ1) is 20.1. The molecule has 0 radical (unpaired) electrons. The lowest BCUT2D eigenvalue weighted by molar-refractivity contribution is -0.384. The lowest BCUT2D eigenvalue weighted by atomic mass is 10.1. The van der Waals surface area contributed by atoms with Gasteiger partial charge in [-0.1, -0.05) is 6.07 Å². The Bertz CT molecular complexity index is 1030. The number of hydrogen-bond acceptors (Lipinski definition) is 8. The van der Waals surface area contributed by atoms with Gasteiger partial charge in [0.2, 0.25) is 0 Å². The van der Waals surface area contributed by atoms with Gasteiger partial charge in [-0.3, -0.25) is 14.9 Å². The molecule has 3 rings (SSSR count). The summed E-state index contributed by atoms with van der Waals surface area (Å²) in [6.07, 6.45) is 1.48. The van der Waals surface area contributed by atoms with Crippen LogP contribution in [0.4, 0.5) is 10.7 Å². The van der Waals surface area contributed by atoms with E-state index >= 15 is 0 Å². The first-order valence-electron chi connectivity index (χ1n) is 8.49. The minimum atomic E-state index is -0.588. The number of hydrogen-bond donors (Lipinski definition) is 1. The van der Waals surface area contributed by atoms with Crippen LogP contribution in [0.1, 0.15) is 17.3 Å². The molecule has 0 aliphatic heterocycles. The third-order valence-corrected chi connectivity index (χ3v) is 4.60. The molecule has 1 N–H and O–H groups in total. The Morgan fingerprint density at radius 3 is 2.79 bits per heavy atom. The fraction of sp³-hybridized carbons (Fsp3) is 0.158. The number of esters is 1. The zero-order valence-electron chi connectivity index (χ0n) is 15.2. The van der Waals surface area contributed by atoms with E-state index in [0.29, 0.717) is 16.3 Å². The van der Waals surface area contributed by atoms with E-state index in [2.05, 4.69) is 5.32 Å². The topological polar surface area (TPSA) is 121 Å².